The summed E-state index contributed by atoms with van der Waals surface area (Å²) in [6.45, 7) is 11.2. The summed E-state index contributed by atoms with van der Waals surface area (Å²) < 4.78 is 4.98. The largest absolute Gasteiger partial charge is 0.462 e. The highest BCUT2D eigenvalue weighted by Crippen LogP contribution is 2.31. The Labute approximate surface area is 123 Å². The summed E-state index contributed by atoms with van der Waals surface area (Å²) in [4.78, 5) is 10.8. The van der Waals surface area contributed by atoms with Crippen molar-refractivity contribution in [2.75, 3.05) is 6.61 Å². The average Bonchev–Trinajstić information content (AvgIpc) is 2.38. The summed E-state index contributed by atoms with van der Waals surface area (Å²) in [7, 11) is -1.58. The SMILES string of the molecule is CC(=O)OC/C=C\C(C(C)C)[Si](C)(C)c1ccccc1. The van der Waals surface area contributed by atoms with Gasteiger partial charge in [-0.25, -0.2) is 0 Å². The van der Waals surface area contributed by atoms with Crippen molar-refractivity contribution >= 4 is 19.2 Å². The molecule has 0 aliphatic rings. The van der Waals surface area contributed by atoms with Gasteiger partial charge in [0.25, 0.3) is 0 Å². The number of carbonyl (C=O) groups is 1. The molecule has 110 valence electrons. The molecule has 0 radical (unpaired) electrons. The molecular weight excluding hydrogens is 264 g/mol. The Balaban J connectivity index is 2.87. The molecule has 0 N–H and O–H groups in total. The van der Waals surface area contributed by atoms with Gasteiger partial charge >= 0.3 is 5.97 Å². The van der Waals surface area contributed by atoms with E-state index in [1.54, 1.807) is 0 Å². The van der Waals surface area contributed by atoms with Crippen LogP contribution in [0.2, 0.25) is 18.6 Å². The molecule has 0 saturated carbocycles. The maximum atomic E-state index is 10.8. The second kappa shape index (κ2) is 7.43. The lowest BCUT2D eigenvalue weighted by Gasteiger charge is -2.34. The van der Waals surface area contributed by atoms with E-state index in [-0.39, 0.29) is 5.97 Å². The van der Waals surface area contributed by atoms with Crippen LogP contribution in [0.4, 0.5) is 0 Å². The monoisotopic (exact) mass is 290 g/mol. The molecule has 1 aromatic carbocycles. The maximum absolute atomic E-state index is 10.8. The number of ether oxygens (including phenoxy) is 1. The molecule has 0 aliphatic carbocycles. The van der Waals surface area contributed by atoms with Crippen LogP contribution in [0.1, 0.15) is 20.8 Å². The molecule has 0 bridgehead atoms. The van der Waals surface area contributed by atoms with Crippen LogP contribution in [0.25, 0.3) is 0 Å². The maximum Gasteiger partial charge on any atom is 0.302 e. The van der Waals surface area contributed by atoms with Gasteiger partial charge < -0.3 is 4.74 Å². The van der Waals surface area contributed by atoms with E-state index in [0.29, 0.717) is 18.1 Å². The van der Waals surface area contributed by atoms with Gasteiger partial charge in [-0.3, -0.25) is 4.79 Å². The number of rotatable bonds is 6. The van der Waals surface area contributed by atoms with Crippen molar-refractivity contribution in [1.29, 1.82) is 0 Å². The average molecular weight is 290 g/mol. The minimum Gasteiger partial charge on any atom is -0.462 e. The van der Waals surface area contributed by atoms with Gasteiger partial charge in [0, 0.05) is 6.92 Å². The van der Waals surface area contributed by atoms with E-state index in [0.717, 1.165) is 0 Å². The normalized spacial score (nSPS) is 13.7. The molecular formula is C17H26O2Si. The Morgan fingerprint density at radius 2 is 1.85 bits per heavy atom. The third-order valence-electron chi connectivity index (χ3n) is 3.80. The van der Waals surface area contributed by atoms with Crippen LogP contribution in [-0.4, -0.2) is 20.7 Å². The summed E-state index contributed by atoms with van der Waals surface area (Å²) in [5, 5.41) is 1.47. The van der Waals surface area contributed by atoms with Crippen LogP contribution in [-0.2, 0) is 9.53 Å². The quantitative estimate of drug-likeness (QED) is 0.453. The van der Waals surface area contributed by atoms with Gasteiger partial charge in [-0.2, -0.15) is 0 Å². The Hall–Kier alpha value is -1.35. The molecule has 0 fully saturated rings. The first-order valence-electron chi connectivity index (χ1n) is 7.21. The van der Waals surface area contributed by atoms with E-state index in [9.17, 15) is 4.79 Å². The van der Waals surface area contributed by atoms with Crippen LogP contribution in [0.5, 0.6) is 0 Å². The van der Waals surface area contributed by atoms with Crippen LogP contribution < -0.4 is 5.19 Å². The zero-order chi connectivity index (χ0) is 15.2. The lowest BCUT2D eigenvalue weighted by Crippen LogP contribution is -2.47. The van der Waals surface area contributed by atoms with E-state index in [4.69, 9.17) is 4.74 Å². The Morgan fingerprint density at radius 3 is 2.35 bits per heavy atom. The van der Waals surface area contributed by atoms with Gasteiger partial charge in [0.15, 0.2) is 0 Å². The fourth-order valence-electron chi connectivity index (χ4n) is 2.72. The second-order valence-electron chi connectivity index (χ2n) is 6.09. The summed E-state index contributed by atoms with van der Waals surface area (Å²) in [5.74, 6) is 0.348. The molecule has 0 aromatic heterocycles. The third kappa shape index (κ3) is 4.64. The molecule has 3 heteroatoms. The molecule has 0 heterocycles. The smallest absolute Gasteiger partial charge is 0.302 e. The number of benzene rings is 1. The number of esters is 1. The number of hydrogen-bond acceptors (Lipinski definition) is 2. The molecule has 1 aromatic rings. The first-order valence-corrected chi connectivity index (χ1v) is 10.3. The minimum atomic E-state index is -1.58. The van der Waals surface area contributed by atoms with Crippen molar-refractivity contribution in [3.05, 3.63) is 42.5 Å². The van der Waals surface area contributed by atoms with Gasteiger partial charge in [0.05, 0.1) is 8.07 Å². The number of carbonyl (C=O) groups excluding carboxylic acids is 1. The van der Waals surface area contributed by atoms with E-state index < -0.39 is 8.07 Å². The Kier molecular flexibility index (Phi) is 6.21. The number of hydrogen-bond donors (Lipinski definition) is 0. The molecule has 0 amide bonds. The predicted octanol–water partition coefficient (Wildman–Crippen LogP) is 3.75. The zero-order valence-electron chi connectivity index (χ0n) is 13.2. The highest BCUT2D eigenvalue weighted by Gasteiger charge is 2.33. The molecule has 1 rings (SSSR count). The minimum absolute atomic E-state index is 0.227. The molecule has 1 atom stereocenters. The molecule has 20 heavy (non-hydrogen) atoms. The van der Waals surface area contributed by atoms with Crippen LogP contribution in [0, 0.1) is 5.92 Å². The van der Waals surface area contributed by atoms with Gasteiger partial charge in [0.2, 0.25) is 0 Å². The van der Waals surface area contributed by atoms with Gasteiger partial charge in [-0.05, 0) is 11.5 Å². The summed E-state index contributed by atoms with van der Waals surface area (Å²) in [5.41, 5.74) is 0.528. The highest BCUT2D eigenvalue weighted by atomic mass is 28.3. The number of allylic oxidation sites excluding steroid dienone is 1. The molecule has 1 unspecified atom stereocenters. The first kappa shape index (κ1) is 16.7. The van der Waals surface area contributed by atoms with E-state index in [1.807, 2.05) is 6.08 Å². The van der Waals surface area contributed by atoms with Crippen LogP contribution in [0.3, 0.4) is 0 Å². The fourth-order valence-corrected chi connectivity index (χ4v) is 6.44. The first-order chi connectivity index (χ1) is 9.35. The van der Waals surface area contributed by atoms with Gasteiger partial charge in [-0.1, -0.05) is 74.6 Å². The lowest BCUT2D eigenvalue weighted by atomic mass is 10.1. The van der Waals surface area contributed by atoms with Crippen molar-refractivity contribution in [3.8, 4) is 0 Å². The van der Waals surface area contributed by atoms with Crippen molar-refractivity contribution < 1.29 is 9.53 Å². The van der Waals surface area contributed by atoms with E-state index in [1.165, 1.54) is 12.1 Å². The van der Waals surface area contributed by atoms with Crippen molar-refractivity contribution in [3.63, 3.8) is 0 Å². The van der Waals surface area contributed by atoms with Gasteiger partial charge in [0.1, 0.15) is 6.61 Å². The van der Waals surface area contributed by atoms with Crippen molar-refractivity contribution in [2.45, 2.75) is 39.4 Å². The van der Waals surface area contributed by atoms with Crippen LogP contribution in [0.15, 0.2) is 42.5 Å². The Bertz CT molecular complexity index is 449. The van der Waals surface area contributed by atoms with Gasteiger partial charge in [-0.15, -0.1) is 0 Å². The summed E-state index contributed by atoms with van der Waals surface area (Å²) in [6, 6.07) is 10.8. The predicted molar refractivity (Wildman–Crippen MR) is 87.9 cm³/mol. The molecule has 0 saturated heterocycles. The van der Waals surface area contributed by atoms with Crippen molar-refractivity contribution in [1.82, 2.24) is 0 Å². The second-order valence-corrected chi connectivity index (χ2v) is 10.8. The van der Waals surface area contributed by atoms with E-state index in [2.05, 4.69) is 63.3 Å². The summed E-state index contributed by atoms with van der Waals surface area (Å²) in [6.07, 6.45) is 4.23. The molecule has 0 aliphatic heterocycles. The zero-order valence-corrected chi connectivity index (χ0v) is 14.2. The standard InChI is InChI=1S/C17H26O2Si/c1-14(2)17(12-9-13-19-15(3)18)20(4,5)16-10-7-6-8-11-16/h6-12,14,17H,13H2,1-5H3/b12-9-. The topological polar surface area (TPSA) is 26.3 Å². The lowest BCUT2D eigenvalue weighted by molar-refractivity contribution is -0.139. The van der Waals surface area contributed by atoms with E-state index >= 15 is 0 Å². The highest BCUT2D eigenvalue weighted by molar-refractivity contribution is 6.91. The van der Waals surface area contributed by atoms with Crippen LogP contribution >= 0.6 is 0 Å². The Morgan fingerprint density at radius 1 is 1.25 bits per heavy atom. The van der Waals surface area contributed by atoms with Crippen molar-refractivity contribution in [2.24, 2.45) is 5.92 Å². The third-order valence-corrected chi connectivity index (χ3v) is 8.14. The molecule has 2 nitrogen and oxygen atoms in total. The molecule has 0 spiro atoms. The fraction of sp³-hybridized carbons (Fsp3) is 0.471. The summed E-state index contributed by atoms with van der Waals surface area (Å²) >= 11 is 0.